The Labute approximate surface area is 120 Å². The number of rotatable bonds is 4. The van der Waals surface area contributed by atoms with Crippen molar-refractivity contribution >= 4 is 17.3 Å². The number of aromatic nitrogens is 6. The fourth-order valence-electron chi connectivity index (χ4n) is 1.84. The molecule has 0 aliphatic rings. The minimum absolute atomic E-state index is 0.589. The van der Waals surface area contributed by atoms with Crippen molar-refractivity contribution in [1.29, 1.82) is 0 Å². The Bertz CT molecular complexity index is 704. The van der Waals surface area contributed by atoms with Crippen LogP contribution < -0.4 is 5.32 Å². The first-order valence-electron chi connectivity index (χ1n) is 5.96. The zero-order valence-corrected chi connectivity index (χ0v) is 11.5. The van der Waals surface area contributed by atoms with E-state index < -0.39 is 0 Å². The Balaban J connectivity index is 1.88. The maximum atomic E-state index is 6.05. The molecule has 2 aromatic heterocycles. The van der Waals surface area contributed by atoms with Gasteiger partial charge in [-0.2, -0.15) is 5.10 Å². The first-order chi connectivity index (χ1) is 9.74. The van der Waals surface area contributed by atoms with E-state index in [2.05, 4.69) is 25.7 Å². The summed E-state index contributed by atoms with van der Waals surface area (Å²) in [5.41, 5.74) is 2.71. The molecule has 3 rings (SSSR count). The topological polar surface area (TPSA) is 73.5 Å². The number of hydrogen-bond donors (Lipinski definition) is 1. The van der Waals surface area contributed by atoms with Crippen LogP contribution in [0.1, 0.15) is 5.69 Å². The third kappa shape index (κ3) is 2.48. The van der Waals surface area contributed by atoms with Crippen molar-refractivity contribution in [1.82, 2.24) is 29.8 Å². The molecule has 1 aromatic carbocycles. The molecule has 0 fully saturated rings. The van der Waals surface area contributed by atoms with Crippen molar-refractivity contribution in [3.63, 3.8) is 0 Å². The molecule has 0 saturated heterocycles. The average Bonchev–Trinajstić information content (AvgIpc) is 3.08. The van der Waals surface area contributed by atoms with E-state index >= 15 is 0 Å². The maximum absolute atomic E-state index is 6.05. The van der Waals surface area contributed by atoms with Gasteiger partial charge in [0.25, 0.3) is 0 Å². The Morgan fingerprint density at radius 2 is 2.25 bits per heavy atom. The third-order valence-electron chi connectivity index (χ3n) is 2.89. The summed E-state index contributed by atoms with van der Waals surface area (Å²) < 4.78 is 3.40. The summed E-state index contributed by atoms with van der Waals surface area (Å²) >= 11 is 6.05. The number of hydrogen-bond acceptors (Lipinski definition) is 5. The number of halogens is 1. The van der Waals surface area contributed by atoms with Gasteiger partial charge in [0, 0.05) is 12.1 Å². The Morgan fingerprint density at radius 1 is 1.35 bits per heavy atom. The number of aryl methyl sites for hydroxylation is 1. The second-order valence-corrected chi connectivity index (χ2v) is 4.64. The molecule has 3 aromatic rings. The molecule has 0 aliphatic carbocycles. The second-order valence-electron chi connectivity index (χ2n) is 4.20. The molecule has 20 heavy (non-hydrogen) atoms. The van der Waals surface area contributed by atoms with Gasteiger partial charge in [-0.05, 0) is 18.2 Å². The van der Waals surface area contributed by atoms with E-state index in [0.717, 1.165) is 17.1 Å². The zero-order chi connectivity index (χ0) is 13.9. The van der Waals surface area contributed by atoms with E-state index in [1.165, 1.54) is 6.33 Å². The molecule has 0 aliphatic heterocycles. The van der Waals surface area contributed by atoms with Crippen LogP contribution in [0.3, 0.4) is 0 Å². The molecule has 2 heterocycles. The summed E-state index contributed by atoms with van der Waals surface area (Å²) in [6, 6.07) is 5.55. The molecule has 0 spiro atoms. The van der Waals surface area contributed by atoms with Crippen molar-refractivity contribution in [3.8, 4) is 5.69 Å². The van der Waals surface area contributed by atoms with Crippen LogP contribution in [-0.2, 0) is 13.6 Å². The summed E-state index contributed by atoms with van der Waals surface area (Å²) in [6.45, 7) is 0.589. The van der Waals surface area contributed by atoms with Crippen LogP contribution in [0.4, 0.5) is 5.69 Å². The number of nitrogens with one attached hydrogen (secondary N) is 1. The van der Waals surface area contributed by atoms with Crippen LogP contribution in [0.5, 0.6) is 0 Å². The first kappa shape index (κ1) is 12.6. The molecular formula is C12H12ClN7. The molecule has 0 radical (unpaired) electrons. The van der Waals surface area contributed by atoms with E-state index in [1.807, 2.05) is 25.2 Å². The Kier molecular flexibility index (Phi) is 3.34. The van der Waals surface area contributed by atoms with Gasteiger partial charge in [0.2, 0.25) is 0 Å². The third-order valence-corrected chi connectivity index (χ3v) is 3.13. The van der Waals surface area contributed by atoms with Gasteiger partial charge in [-0.3, -0.25) is 4.68 Å². The lowest BCUT2D eigenvalue weighted by Gasteiger charge is -2.12. The molecular weight excluding hydrogens is 278 g/mol. The first-order valence-corrected chi connectivity index (χ1v) is 6.34. The van der Waals surface area contributed by atoms with Crippen molar-refractivity contribution in [2.75, 3.05) is 5.32 Å². The quantitative estimate of drug-likeness (QED) is 0.791. The molecule has 102 valence electrons. The van der Waals surface area contributed by atoms with Gasteiger partial charge in [0.15, 0.2) is 0 Å². The molecule has 0 atom stereocenters. The minimum atomic E-state index is 0.589. The molecule has 0 saturated carbocycles. The number of nitrogens with zero attached hydrogens (tertiary/aromatic N) is 6. The van der Waals surface area contributed by atoms with Crippen molar-refractivity contribution in [2.24, 2.45) is 7.05 Å². The van der Waals surface area contributed by atoms with Crippen LogP contribution in [0.25, 0.3) is 5.69 Å². The smallest absolute Gasteiger partial charge is 0.138 e. The molecule has 0 amide bonds. The van der Waals surface area contributed by atoms with Gasteiger partial charge < -0.3 is 5.32 Å². The van der Waals surface area contributed by atoms with E-state index in [4.69, 9.17) is 11.6 Å². The standard InChI is InChI=1S/C12H12ClN7/c1-19-10(6-16-18-19)5-15-11-4-9(13)2-3-12(11)20-8-14-7-17-20/h2-4,6-8,15H,5H2,1H3. The Hall–Kier alpha value is -2.41. The van der Waals surface area contributed by atoms with Gasteiger partial charge in [-0.1, -0.05) is 16.8 Å². The fraction of sp³-hybridized carbons (Fsp3) is 0.167. The van der Waals surface area contributed by atoms with Crippen LogP contribution in [0, 0.1) is 0 Å². The summed E-state index contributed by atoms with van der Waals surface area (Å²) in [7, 11) is 1.85. The van der Waals surface area contributed by atoms with Gasteiger partial charge in [0.1, 0.15) is 12.7 Å². The molecule has 0 bridgehead atoms. The van der Waals surface area contributed by atoms with E-state index in [-0.39, 0.29) is 0 Å². The molecule has 8 heteroatoms. The zero-order valence-electron chi connectivity index (χ0n) is 10.7. The predicted octanol–water partition coefficient (Wildman–Crippen LogP) is 1.66. The normalized spacial score (nSPS) is 10.7. The largest absolute Gasteiger partial charge is 0.378 e. The number of benzene rings is 1. The van der Waals surface area contributed by atoms with E-state index in [9.17, 15) is 0 Å². The van der Waals surface area contributed by atoms with Gasteiger partial charge in [-0.25, -0.2) is 9.67 Å². The molecule has 7 nitrogen and oxygen atoms in total. The van der Waals surface area contributed by atoms with Crippen LogP contribution in [-0.4, -0.2) is 29.8 Å². The highest BCUT2D eigenvalue weighted by Gasteiger charge is 2.07. The van der Waals surface area contributed by atoms with E-state index in [1.54, 1.807) is 21.9 Å². The van der Waals surface area contributed by atoms with Gasteiger partial charge in [0.05, 0.1) is 29.8 Å². The summed E-state index contributed by atoms with van der Waals surface area (Å²) in [4.78, 5) is 3.95. The van der Waals surface area contributed by atoms with Crippen LogP contribution in [0.2, 0.25) is 5.02 Å². The highest BCUT2D eigenvalue weighted by molar-refractivity contribution is 6.31. The summed E-state index contributed by atoms with van der Waals surface area (Å²) in [5.74, 6) is 0. The van der Waals surface area contributed by atoms with Crippen LogP contribution >= 0.6 is 11.6 Å². The SMILES string of the molecule is Cn1nncc1CNc1cc(Cl)ccc1-n1cncn1. The van der Waals surface area contributed by atoms with Crippen molar-refractivity contribution in [2.45, 2.75) is 6.54 Å². The highest BCUT2D eigenvalue weighted by atomic mass is 35.5. The second kappa shape index (κ2) is 5.30. The van der Waals surface area contributed by atoms with Crippen molar-refractivity contribution in [3.05, 3.63) is 47.8 Å². The molecule has 0 unspecified atom stereocenters. The fourth-order valence-corrected chi connectivity index (χ4v) is 2.01. The lowest BCUT2D eigenvalue weighted by atomic mass is 10.2. The van der Waals surface area contributed by atoms with Crippen molar-refractivity contribution < 1.29 is 0 Å². The predicted molar refractivity (Wildman–Crippen MR) is 74.7 cm³/mol. The van der Waals surface area contributed by atoms with E-state index in [0.29, 0.717) is 11.6 Å². The summed E-state index contributed by atoms with van der Waals surface area (Å²) in [5, 5.41) is 15.8. The monoisotopic (exact) mass is 289 g/mol. The highest BCUT2D eigenvalue weighted by Crippen LogP contribution is 2.24. The maximum Gasteiger partial charge on any atom is 0.138 e. The Morgan fingerprint density at radius 3 is 2.95 bits per heavy atom. The average molecular weight is 290 g/mol. The molecule has 1 N–H and O–H groups in total. The lowest BCUT2D eigenvalue weighted by molar-refractivity contribution is 0.683. The summed E-state index contributed by atoms with van der Waals surface area (Å²) in [6.07, 6.45) is 4.84. The lowest BCUT2D eigenvalue weighted by Crippen LogP contribution is -2.08. The minimum Gasteiger partial charge on any atom is -0.378 e. The number of anilines is 1. The van der Waals surface area contributed by atoms with Gasteiger partial charge >= 0.3 is 0 Å². The van der Waals surface area contributed by atoms with Gasteiger partial charge in [-0.15, -0.1) is 5.10 Å². The van der Waals surface area contributed by atoms with Crippen LogP contribution in [0.15, 0.2) is 37.1 Å².